The van der Waals surface area contributed by atoms with Crippen molar-refractivity contribution in [3.63, 3.8) is 0 Å². The van der Waals surface area contributed by atoms with Crippen molar-refractivity contribution in [1.82, 2.24) is 4.98 Å². The van der Waals surface area contributed by atoms with E-state index in [2.05, 4.69) is 15.0 Å². The number of thiazole rings is 1. The molecule has 1 aromatic heterocycles. The third kappa shape index (κ3) is 4.66. The van der Waals surface area contributed by atoms with E-state index in [1.54, 1.807) is 0 Å². The molecular weight excluding hydrogens is 378 g/mol. The van der Waals surface area contributed by atoms with Gasteiger partial charge in [-0.05, 0) is 18.2 Å². The number of benzene rings is 1. The minimum atomic E-state index is -3.94. The van der Waals surface area contributed by atoms with Crippen LogP contribution in [0.4, 0.5) is 10.8 Å². The standard InChI is InChI=1S/C13H12ClN3O5S2/c1-7(18)15-11-4-3-9(5-10(11)14)24(20,21)17-13-16-12(6-23-13)22-8(2)19/h3-6H,1-2H3,(H,15,18)(H,16,17). The average Bonchev–Trinajstić information content (AvgIpc) is 2.86. The SMILES string of the molecule is CC(=O)Nc1ccc(S(=O)(=O)Nc2nc(OC(C)=O)cs2)cc1Cl. The third-order valence-corrected chi connectivity index (χ3v) is 5.03. The second-order valence-corrected chi connectivity index (χ2v) is 7.46. The first-order valence-electron chi connectivity index (χ1n) is 6.41. The first-order chi connectivity index (χ1) is 11.2. The monoisotopic (exact) mass is 389 g/mol. The summed E-state index contributed by atoms with van der Waals surface area (Å²) < 4.78 is 31.7. The molecule has 2 rings (SSSR count). The molecule has 0 aliphatic rings. The van der Waals surface area contributed by atoms with Gasteiger partial charge < -0.3 is 10.1 Å². The van der Waals surface area contributed by atoms with Crippen molar-refractivity contribution in [3.05, 3.63) is 28.6 Å². The molecule has 0 unspecified atom stereocenters. The van der Waals surface area contributed by atoms with Crippen LogP contribution < -0.4 is 14.8 Å². The Morgan fingerprint density at radius 3 is 2.58 bits per heavy atom. The number of nitrogens with one attached hydrogen (secondary N) is 2. The lowest BCUT2D eigenvalue weighted by atomic mass is 10.3. The molecular formula is C13H12ClN3O5S2. The molecule has 1 amide bonds. The van der Waals surface area contributed by atoms with Gasteiger partial charge in [0.25, 0.3) is 10.0 Å². The Kier molecular flexibility index (Phi) is 5.42. The van der Waals surface area contributed by atoms with Gasteiger partial charge in [-0.2, -0.15) is 4.98 Å². The first kappa shape index (κ1) is 18.2. The molecule has 0 bridgehead atoms. The molecule has 0 radical (unpaired) electrons. The molecule has 8 nitrogen and oxygen atoms in total. The van der Waals surface area contributed by atoms with E-state index in [9.17, 15) is 18.0 Å². The molecule has 2 N–H and O–H groups in total. The van der Waals surface area contributed by atoms with Crippen LogP contribution in [0, 0.1) is 0 Å². The number of esters is 1. The van der Waals surface area contributed by atoms with Crippen LogP contribution in [0.5, 0.6) is 5.88 Å². The van der Waals surface area contributed by atoms with Crippen molar-refractivity contribution >= 4 is 55.7 Å². The van der Waals surface area contributed by atoms with Gasteiger partial charge in [0.1, 0.15) is 0 Å². The molecule has 0 fully saturated rings. The Hall–Kier alpha value is -2.17. The summed E-state index contributed by atoms with van der Waals surface area (Å²) in [6, 6.07) is 3.88. The fraction of sp³-hybridized carbons (Fsp3) is 0.154. The van der Waals surface area contributed by atoms with Crippen LogP contribution in [-0.2, 0) is 19.6 Å². The maximum atomic E-state index is 12.3. The highest BCUT2D eigenvalue weighted by Crippen LogP contribution is 2.28. The number of carbonyl (C=O) groups excluding carboxylic acids is 2. The fourth-order valence-electron chi connectivity index (χ4n) is 1.63. The summed E-state index contributed by atoms with van der Waals surface area (Å²) in [6.07, 6.45) is 0. The van der Waals surface area contributed by atoms with Crippen LogP contribution in [0.15, 0.2) is 28.5 Å². The average molecular weight is 390 g/mol. The number of sulfonamides is 1. The van der Waals surface area contributed by atoms with Crippen molar-refractivity contribution in [3.8, 4) is 5.88 Å². The van der Waals surface area contributed by atoms with E-state index in [4.69, 9.17) is 16.3 Å². The molecule has 1 heterocycles. The lowest BCUT2D eigenvalue weighted by molar-refractivity contribution is -0.132. The van der Waals surface area contributed by atoms with Gasteiger partial charge in [0.05, 0.1) is 21.0 Å². The molecule has 1 aromatic carbocycles. The van der Waals surface area contributed by atoms with Crippen LogP contribution >= 0.6 is 22.9 Å². The van der Waals surface area contributed by atoms with Gasteiger partial charge in [0.2, 0.25) is 11.8 Å². The van der Waals surface area contributed by atoms with Crippen LogP contribution in [0.1, 0.15) is 13.8 Å². The lowest BCUT2D eigenvalue weighted by Gasteiger charge is -2.09. The maximum absolute atomic E-state index is 12.3. The maximum Gasteiger partial charge on any atom is 0.309 e. The summed E-state index contributed by atoms with van der Waals surface area (Å²) in [7, 11) is -3.94. The van der Waals surface area contributed by atoms with Gasteiger partial charge in [-0.3, -0.25) is 14.3 Å². The zero-order chi connectivity index (χ0) is 17.9. The largest absolute Gasteiger partial charge is 0.407 e. The first-order valence-corrected chi connectivity index (χ1v) is 9.15. The van der Waals surface area contributed by atoms with E-state index >= 15 is 0 Å². The third-order valence-electron chi connectivity index (χ3n) is 2.51. The number of halogens is 1. The van der Waals surface area contributed by atoms with Crippen molar-refractivity contribution in [2.75, 3.05) is 10.0 Å². The summed E-state index contributed by atoms with van der Waals surface area (Å²) >= 11 is 6.93. The number of nitrogens with zero attached hydrogens (tertiary/aromatic N) is 1. The second kappa shape index (κ2) is 7.16. The van der Waals surface area contributed by atoms with Crippen molar-refractivity contribution < 1.29 is 22.7 Å². The number of anilines is 2. The van der Waals surface area contributed by atoms with Gasteiger partial charge >= 0.3 is 5.97 Å². The number of rotatable bonds is 5. The molecule has 0 saturated carbocycles. The number of ether oxygens (including phenoxy) is 1. The van der Waals surface area contributed by atoms with Crippen molar-refractivity contribution in [1.29, 1.82) is 0 Å². The molecule has 0 aliphatic carbocycles. The number of hydrogen-bond donors (Lipinski definition) is 2. The summed E-state index contributed by atoms with van der Waals surface area (Å²) in [6.45, 7) is 2.52. The van der Waals surface area contributed by atoms with Gasteiger partial charge in [0, 0.05) is 13.8 Å². The van der Waals surface area contributed by atoms with Gasteiger partial charge in [-0.25, -0.2) is 8.42 Å². The Bertz CT molecular complexity index is 895. The van der Waals surface area contributed by atoms with Gasteiger partial charge in [-0.1, -0.05) is 11.6 Å². The topological polar surface area (TPSA) is 114 Å². The van der Waals surface area contributed by atoms with E-state index in [0.717, 1.165) is 11.3 Å². The Morgan fingerprint density at radius 1 is 1.29 bits per heavy atom. The minimum absolute atomic E-state index is 0.00392. The Balaban J connectivity index is 2.21. The zero-order valence-corrected chi connectivity index (χ0v) is 14.9. The van der Waals surface area contributed by atoms with Crippen LogP contribution in [0.2, 0.25) is 5.02 Å². The van der Waals surface area contributed by atoms with Gasteiger partial charge in [0.15, 0.2) is 5.13 Å². The summed E-state index contributed by atoms with van der Waals surface area (Å²) in [4.78, 5) is 25.6. The number of hydrogen-bond acceptors (Lipinski definition) is 7. The highest BCUT2D eigenvalue weighted by Gasteiger charge is 2.18. The van der Waals surface area contributed by atoms with Crippen LogP contribution in [-0.4, -0.2) is 25.3 Å². The molecule has 0 saturated heterocycles. The predicted molar refractivity (Wildman–Crippen MR) is 90.0 cm³/mol. The molecule has 24 heavy (non-hydrogen) atoms. The quantitative estimate of drug-likeness (QED) is 0.759. The number of amides is 1. The highest BCUT2D eigenvalue weighted by atomic mass is 35.5. The van der Waals surface area contributed by atoms with E-state index < -0.39 is 16.0 Å². The molecule has 11 heteroatoms. The molecule has 0 aliphatic heterocycles. The second-order valence-electron chi connectivity index (χ2n) is 4.51. The molecule has 0 atom stereocenters. The summed E-state index contributed by atoms with van der Waals surface area (Å²) in [5.41, 5.74) is 0.300. The van der Waals surface area contributed by atoms with Gasteiger partial charge in [-0.15, -0.1) is 11.3 Å². The lowest BCUT2D eigenvalue weighted by Crippen LogP contribution is -2.13. The number of aromatic nitrogens is 1. The highest BCUT2D eigenvalue weighted by molar-refractivity contribution is 7.93. The van der Waals surface area contributed by atoms with E-state index in [-0.39, 0.29) is 26.8 Å². The van der Waals surface area contributed by atoms with E-state index in [0.29, 0.717) is 5.69 Å². The summed E-state index contributed by atoms with van der Waals surface area (Å²) in [5.74, 6) is -0.884. The molecule has 0 spiro atoms. The Morgan fingerprint density at radius 2 is 2.00 bits per heavy atom. The smallest absolute Gasteiger partial charge is 0.309 e. The normalized spacial score (nSPS) is 11.0. The van der Waals surface area contributed by atoms with Crippen molar-refractivity contribution in [2.24, 2.45) is 0 Å². The molecule has 2 aromatic rings. The predicted octanol–water partition coefficient (Wildman–Crippen LogP) is 2.48. The zero-order valence-electron chi connectivity index (χ0n) is 12.5. The van der Waals surface area contributed by atoms with Crippen LogP contribution in [0.25, 0.3) is 0 Å². The summed E-state index contributed by atoms with van der Waals surface area (Å²) in [5, 5.41) is 3.99. The fourth-order valence-corrected chi connectivity index (χ4v) is 3.81. The Labute approximate surface area is 146 Å². The van der Waals surface area contributed by atoms with Crippen LogP contribution in [0.3, 0.4) is 0 Å². The molecule has 128 valence electrons. The minimum Gasteiger partial charge on any atom is -0.407 e. The van der Waals surface area contributed by atoms with Crippen molar-refractivity contribution in [2.45, 2.75) is 18.7 Å². The number of carbonyl (C=O) groups is 2. The van der Waals surface area contributed by atoms with E-state index in [1.165, 1.54) is 37.4 Å². The van der Waals surface area contributed by atoms with E-state index in [1.807, 2.05) is 0 Å².